The van der Waals surface area contributed by atoms with Crippen LogP contribution in [0, 0.1) is 0 Å². The van der Waals surface area contributed by atoms with Gasteiger partial charge in [-0.25, -0.2) is 22.9 Å². The van der Waals surface area contributed by atoms with Crippen molar-refractivity contribution in [3.8, 4) is 5.69 Å². The van der Waals surface area contributed by atoms with Crippen molar-refractivity contribution < 1.29 is 17.9 Å². The molecule has 0 unspecified atom stereocenters. The Hall–Kier alpha value is -3.04. The predicted molar refractivity (Wildman–Crippen MR) is 107 cm³/mol. The van der Waals surface area contributed by atoms with Gasteiger partial charge in [-0.15, -0.1) is 0 Å². The third-order valence-corrected chi connectivity index (χ3v) is 6.59. The number of esters is 1. The highest BCUT2D eigenvalue weighted by molar-refractivity contribution is 7.89. The summed E-state index contributed by atoms with van der Waals surface area (Å²) in [6.45, 7) is 3.79. The molecule has 0 N–H and O–H groups in total. The van der Waals surface area contributed by atoms with Crippen molar-refractivity contribution in [1.29, 1.82) is 0 Å². The third-order valence-electron chi connectivity index (χ3n) is 4.65. The number of aromatic nitrogens is 3. The van der Waals surface area contributed by atoms with Gasteiger partial charge in [0.1, 0.15) is 12.7 Å². The zero-order valence-corrected chi connectivity index (χ0v) is 17.2. The Bertz CT molecular complexity index is 1060. The minimum absolute atomic E-state index is 0.110. The highest BCUT2D eigenvalue weighted by atomic mass is 32.2. The summed E-state index contributed by atoms with van der Waals surface area (Å²) in [5.74, 6) is -0.481. The number of sulfonamides is 1. The summed E-state index contributed by atoms with van der Waals surface area (Å²) in [5.41, 5.74) is 1.98. The van der Waals surface area contributed by atoms with Crippen molar-refractivity contribution in [2.45, 2.75) is 24.8 Å². The van der Waals surface area contributed by atoms with Crippen molar-refractivity contribution >= 4 is 16.0 Å². The van der Waals surface area contributed by atoms with Gasteiger partial charge < -0.3 is 4.74 Å². The van der Waals surface area contributed by atoms with Gasteiger partial charge in [-0.1, -0.05) is 12.1 Å². The minimum atomic E-state index is -3.74. The fraction of sp³-hybridized carbons (Fsp3) is 0.250. The van der Waals surface area contributed by atoms with Crippen LogP contribution in [0.5, 0.6) is 0 Å². The van der Waals surface area contributed by atoms with Crippen LogP contribution < -0.4 is 0 Å². The SMILES string of the molecule is CCOC(=O)c1ccc(S(=O)(=O)N(C)[C@@H](C)c2ccc(-n3cncn3)cc2)cc1. The van der Waals surface area contributed by atoms with E-state index in [0.717, 1.165) is 11.3 Å². The quantitative estimate of drug-likeness (QED) is 0.552. The highest BCUT2D eigenvalue weighted by Gasteiger charge is 2.26. The molecule has 0 aliphatic rings. The first-order chi connectivity index (χ1) is 13.8. The van der Waals surface area contributed by atoms with Crippen LogP contribution in [0.2, 0.25) is 0 Å². The van der Waals surface area contributed by atoms with Crippen LogP contribution in [-0.4, -0.2) is 47.1 Å². The molecule has 2 aromatic carbocycles. The highest BCUT2D eigenvalue weighted by Crippen LogP contribution is 2.26. The molecule has 1 atom stereocenters. The van der Waals surface area contributed by atoms with Gasteiger partial charge >= 0.3 is 5.97 Å². The Morgan fingerprint density at radius 1 is 1.14 bits per heavy atom. The first kappa shape index (κ1) is 20.7. The summed E-state index contributed by atoms with van der Waals surface area (Å²) in [4.78, 5) is 15.8. The van der Waals surface area contributed by atoms with Crippen LogP contribution in [0.3, 0.4) is 0 Å². The van der Waals surface area contributed by atoms with Crippen LogP contribution in [-0.2, 0) is 14.8 Å². The van der Waals surface area contributed by atoms with E-state index in [1.165, 1.54) is 41.9 Å². The zero-order valence-electron chi connectivity index (χ0n) is 16.4. The van der Waals surface area contributed by atoms with Crippen molar-refractivity contribution in [2.75, 3.05) is 13.7 Å². The van der Waals surface area contributed by atoms with Gasteiger partial charge in [-0.2, -0.15) is 9.40 Å². The summed E-state index contributed by atoms with van der Waals surface area (Å²) in [6, 6.07) is 12.8. The normalized spacial score (nSPS) is 12.7. The second-order valence-corrected chi connectivity index (χ2v) is 8.37. The lowest BCUT2D eigenvalue weighted by Crippen LogP contribution is -2.29. The number of ether oxygens (including phenoxy) is 1. The molecule has 3 rings (SSSR count). The molecule has 29 heavy (non-hydrogen) atoms. The monoisotopic (exact) mass is 414 g/mol. The maximum atomic E-state index is 13.0. The zero-order chi connectivity index (χ0) is 21.0. The van der Waals surface area contributed by atoms with Gasteiger partial charge in [0, 0.05) is 13.1 Å². The second-order valence-electron chi connectivity index (χ2n) is 6.37. The van der Waals surface area contributed by atoms with Crippen LogP contribution in [0.4, 0.5) is 0 Å². The molecule has 0 radical (unpaired) electrons. The van der Waals surface area contributed by atoms with Gasteiger partial charge in [0.25, 0.3) is 0 Å². The van der Waals surface area contributed by atoms with E-state index < -0.39 is 22.0 Å². The molecule has 0 aliphatic heterocycles. The standard InChI is InChI=1S/C20H22N4O4S/c1-4-28-20(25)17-7-11-19(12-8-17)29(26,27)23(3)15(2)16-5-9-18(10-6-16)24-14-21-13-22-24/h5-15H,4H2,1-3H3/t15-/m0/s1. The fourth-order valence-electron chi connectivity index (χ4n) is 2.81. The van der Waals surface area contributed by atoms with Gasteiger partial charge in [-0.05, 0) is 55.8 Å². The number of hydrogen-bond acceptors (Lipinski definition) is 6. The molecular formula is C20H22N4O4S. The Balaban J connectivity index is 1.79. The Morgan fingerprint density at radius 3 is 2.34 bits per heavy atom. The Kier molecular flexibility index (Phi) is 6.09. The third kappa shape index (κ3) is 4.36. The maximum absolute atomic E-state index is 13.0. The summed E-state index contributed by atoms with van der Waals surface area (Å²) in [7, 11) is -2.21. The number of carbonyl (C=O) groups is 1. The minimum Gasteiger partial charge on any atom is -0.462 e. The topological polar surface area (TPSA) is 94.4 Å². The molecular weight excluding hydrogens is 392 g/mol. The van der Waals surface area contributed by atoms with E-state index in [0.29, 0.717) is 5.56 Å². The van der Waals surface area contributed by atoms with E-state index in [4.69, 9.17) is 4.74 Å². The molecule has 0 aliphatic carbocycles. The predicted octanol–water partition coefficient (Wildman–Crippen LogP) is 2.83. The van der Waals surface area contributed by atoms with Crippen molar-refractivity contribution in [3.05, 3.63) is 72.3 Å². The average Bonchev–Trinajstić information content (AvgIpc) is 3.28. The van der Waals surface area contributed by atoms with Gasteiger partial charge in [0.05, 0.1) is 22.8 Å². The van der Waals surface area contributed by atoms with Crippen molar-refractivity contribution in [3.63, 3.8) is 0 Å². The van der Waals surface area contributed by atoms with Crippen LogP contribution in [0.25, 0.3) is 5.69 Å². The molecule has 152 valence electrons. The molecule has 0 bridgehead atoms. The van der Waals surface area contributed by atoms with Crippen molar-refractivity contribution in [2.24, 2.45) is 0 Å². The number of nitrogens with zero attached hydrogens (tertiary/aromatic N) is 4. The van der Waals surface area contributed by atoms with E-state index >= 15 is 0 Å². The molecule has 9 heteroatoms. The molecule has 0 saturated heterocycles. The van der Waals surface area contributed by atoms with Crippen molar-refractivity contribution in [1.82, 2.24) is 19.1 Å². The molecule has 0 saturated carbocycles. The number of benzene rings is 2. The van der Waals surface area contributed by atoms with Crippen LogP contribution in [0.15, 0.2) is 66.1 Å². The fourth-order valence-corrected chi connectivity index (χ4v) is 4.16. The lowest BCUT2D eigenvalue weighted by molar-refractivity contribution is 0.0526. The smallest absolute Gasteiger partial charge is 0.338 e. The molecule has 0 amide bonds. The number of hydrogen-bond donors (Lipinski definition) is 0. The second kappa shape index (κ2) is 8.54. The molecule has 1 heterocycles. The lowest BCUT2D eigenvalue weighted by atomic mass is 10.1. The summed E-state index contributed by atoms with van der Waals surface area (Å²) in [6.07, 6.45) is 3.04. The summed E-state index contributed by atoms with van der Waals surface area (Å²) in [5, 5.41) is 4.07. The van der Waals surface area contributed by atoms with E-state index in [1.807, 2.05) is 31.2 Å². The molecule has 1 aromatic heterocycles. The first-order valence-corrected chi connectivity index (χ1v) is 10.5. The maximum Gasteiger partial charge on any atom is 0.338 e. The number of rotatable bonds is 7. The number of carbonyl (C=O) groups excluding carboxylic acids is 1. The van der Waals surface area contributed by atoms with Crippen LogP contribution >= 0.6 is 0 Å². The van der Waals surface area contributed by atoms with Gasteiger partial charge in [-0.3, -0.25) is 0 Å². The lowest BCUT2D eigenvalue weighted by Gasteiger charge is -2.25. The van der Waals surface area contributed by atoms with Gasteiger partial charge in [0.15, 0.2) is 0 Å². The van der Waals surface area contributed by atoms with E-state index in [1.54, 1.807) is 17.9 Å². The van der Waals surface area contributed by atoms with Gasteiger partial charge in [0.2, 0.25) is 10.0 Å². The molecule has 0 fully saturated rings. The Morgan fingerprint density at radius 2 is 1.79 bits per heavy atom. The van der Waals surface area contributed by atoms with E-state index in [-0.39, 0.29) is 11.5 Å². The van der Waals surface area contributed by atoms with E-state index in [9.17, 15) is 13.2 Å². The molecule has 3 aromatic rings. The average molecular weight is 414 g/mol. The molecule has 8 nitrogen and oxygen atoms in total. The first-order valence-electron chi connectivity index (χ1n) is 9.04. The summed E-state index contributed by atoms with van der Waals surface area (Å²) >= 11 is 0. The summed E-state index contributed by atoms with van der Waals surface area (Å²) < 4.78 is 33.8. The van der Waals surface area contributed by atoms with Crippen LogP contribution in [0.1, 0.15) is 35.8 Å². The molecule has 0 spiro atoms. The Labute approximate surface area is 169 Å². The largest absolute Gasteiger partial charge is 0.462 e. The van der Waals surface area contributed by atoms with E-state index in [2.05, 4.69) is 10.1 Å².